The number of halogens is 1. The van der Waals surface area contributed by atoms with Gasteiger partial charge in [-0.3, -0.25) is 4.79 Å². The summed E-state index contributed by atoms with van der Waals surface area (Å²) in [6.07, 6.45) is 7.80. The Hall–Kier alpha value is -2.27. The molecule has 1 spiro atoms. The highest BCUT2D eigenvalue weighted by Crippen LogP contribution is 2.50. The fourth-order valence-electron chi connectivity index (χ4n) is 4.32. The molecule has 2 saturated carbocycles. The molecule has 5 rings (SSSR count). The first-order valence-corrected chi connectivity index (χ1v) is 9.81. The summed E-state index contributed by atoms with van der Waals surface area (Å²) < 4.78 is 7.94. The predicted octanol–water partition coefficient (Wildman–Crippen LogP) is 4.09. The fourth-order valence-corrected chi connectivity index (χ4v) is 4.54. The number of aromatic nitrogens is 1. The fraction of sp³-hybridized carbons (Fsp3) is 0.429. The number of nitrogens with zero attached hydrogens (tertiary/aromatic N) is 1. The van der Waals surface area contributed by atoms with Crippen molar-refractivity contribution < 1.29 is 14.6 Å². The third-order valence-corrected chi connectivity index (χ3v) is 6.50. The Labute approximate surface area is 161 Å². The van der Waals surface area contributed by atoms with Crippen molar-refractivity contribution >= 4 is 17.6 Å². The van der Waals surface area contributed by atoms with Crippen molar-refractivity contribution in [3.05, 3.63) is 50.8 Å². The summed E-state index contributed by atoms with van der Waals surface area (Å²) in [5.74, 6) is 0.163. The van der Waals surface area contributed by atoms with Crippen molar-refractivity contribution in [1.29, 1.82) is 0 Å². The summed E-state index contributed by atoms with van der Waals surface area (Å²) in [7, 11) is 0. The van der Waals surface area contributed by atoms with Gasteiger partial charge < -0.3 is 14.4 Å². The van der Waals surface area contributed by atoms with E-state index in [0.29, 0.717) is 23.3 Å². The predicted molar refractivity (Wildman–Crippen MR) is 102 cm³/mol. The molecule has 6 heteroatoms. The van der Waals surface area contributed by atoms with Gasteiger partial charge in [0, 0.05) is 23.4 Å². The molecule has 1 aromatic heterocycles. The number of rotatable bonds is 4. The first kappa shape index (κ1) is 16.9. The molecule has 2 aliphatic carbocycles. The van der Waals surface area contributed by atoms with Crippen molar-refractivity contribution in [3.63, 3.8) is 0 Å². The van der Waals surface area contributed by atoms with Gasteiger partial charge in [-0.1, -0.05) is 11.6 Å². The van der Waals surface area contributed by atoms with E-state index in [1.54, 1.807) is 0 Å². The van der Waals surface area contributed by atoms with Crippen LogP contribution >= 0.6 is 11.6 Å². The molecule has 1 N–H and O–H groups in total. The highest BCUT2D eigenvalue weighted by molar-refractivity contribution is 6.32. The number of hydrogen-bond acceptors (Lipinski definition) is 3. The summed E-state index contributed by atoms with van der Waals surface area (Å²) in [6.45, 7) is 0.696. The van der Waals surface area contributed by atoms with E-state index in [4.69, 9.17) is 16.3 Å². The van der Waals surface area contributed by atoms with Gasteiger partial charge in [0.05, 0.1) is 17.3 Å². The molecule has 2 fully saturated rings. The second-order valence-electron chi connectivity index (χ2n) is 8.06. The topological polar surface area (TPSA) is 68.5 Å². The summed E-state index contributed by atoms with van der Waals surface area (Å²) in [5, 5.41) is 9.89. The molecular formula is C21H20ClNO4. The van der Waals surface area contributed by atoms with E-state index in [9.17, 15) is 14.7 Å². The van der Waals surface area contributed by atoms with Crippen LogP contribution in [0.1, 0.15) is 48.0 Å². The van der Waals surface area contributed by atoms with E-state index >= 15 is 0 Å². The van der Waals surface area contributed by atoms with Crippen LogP contribution < -0.4 is 10.2 Å². The van der Waals surface area contributed by atoms with Crippen LogP contribution in [-0.4, -0.2) is 22.2 Å². The van der Waals surface area contributed by atoms with Crippen molar-refractivity contribution in [2.24, 2.45) is 5.92 Å². The SMILES string of the molecule is O=C(O)c1cn2c(cc1=O)-c1cc(Cl)c(OCC3CC3)cc1CC21CCC1. The van der Waals surface area contributed by atoms with Crippen molar-refractivity contribution in [2.45, 2.75) is 44.1 Å². The molecule has 0 saturated heterocycles. The molecule has 2 aromatic rings. The second kappa shape index (κ2) is 5.86. The summed E-state index contributed by atoms with van der Waals surface area (Å²) in [5.41, 5.74) is 1.96. The third kappa shape index (κ3) is 2.67. The Kier molecular flexibility index (Phi) is 3.66. The lowest BCUT2D eigenvalue weighted by Gasteiger charge is -2.48. The third-order valence-electron chi connectivity index (χ3n) is 6.20. The van der Waals surface area contributed by atoms with Crippen LogP contribution in [0.25, 0.3) is 11.3 Å². The lowest BCUT2D eigenvalue weighted by atomic mass is 9.69. The molecule has 2 heterocycles. The Morgan fingerprint density at radius 3 is 2.70 bits per heavy atom. The maximum atomic E-state index is 12.3. The zero-order valence-corrected chi connectivity index (χ0v) is 15.6. The first-order chi connectivity index (χ1) is 13.0. The molecule has 3 aliphatic rings. The Morgan fingerprint density at radius 1 is 1.30 bits per heavy atom. The van der Waals surface area contributed by atoms with Crippen LogP contribution in [-0.2, 0) is 12.0 Å². The van der Waals surface area contributed by atoms with E-state index < -0.39 is 11.4 Å². The van der Waals surface area contributed by atoms with Crippen LogP contribution in [0.5, 0.6) is 5.75 Å². The maximum Gasteiger partial charge on any atom is 0.341 e. The normalized spacial score (nSPS) is 19.1. The summed E-state index contributed by atoms with van der Waals surface area (Å²) in [4.78, 5) is 23.8. The number of ether oxygens (including phenoxy) is 1. The van der Waals surface area contributed by atoms with Crippen LogP contribution in [0.2, 0.25) is 5.02 Å². The zero-order chi connectivity index (χ0) is 18.8. The smallest absolute Gasteiger partial charge is 0.341 e. The van der Waals surface area contributed by atoms with Gasteiger partial charge in [-0.2, -0.15) is 0 Å². The maximum absolute atomic E-state index is 12.3. The standard InChI is InChI=1S/C21H20ClNO4/c22-16-7-14-13(6-19(16)27-11-12-2-3-12)9-21(4-1-5-21)23-10-15(20(25)26)18(24)8-17(14)23/h6-8,10,12H,1-5,9,11H2,(H,25,26). The van der Waals surface area contributed by atoms with Gasteiger partial charge in [-0.25, -0.2) is 4.79 Å². The minimum absolute atomic E-state index is 0.151. The van der Waals surface area contributed by atoms with Crippen molar-refractivity contribution in [2.75, 3.05) is 6.61 Å². The van der Waals surface area contributed by atoms with Crippen LogP contribution in [0.4, 0.5) is 0 Å². The minimum Gasteiger partial charge on any atom is -0.492 e. The van der Waals surface area contributed by atoms with E-state index in [1.807, 2.05) is 16.7 Å². The molecule has 0 radical (unpaired) electrons. The van der Waals surface area contributed by atoms with E-state index in [0.717, 1.165) is 42.5 Å². The number of aromatic carboxylic acids is 1. The molecule has 27 heavy (non-hydrogen) atoms. The lowest BCUT2D eigenvalue weighted by Crippen LogP contribution is -2.46. The second-order valence-corrected chi connectivity index (χ2v) is 8.47. The average Bonchev–Trinajstić information content (AvgIpc) is 3.42. The summed E-state index contributed by atoms with van der Waals surface area (Å²) >= 11 is 6.47. The number of carboxylic acid groups (broad SMARTS) is 1. The zero-order valence-electron chi connectivity index (χ0n) is 14.8. The minimum atomic E-state index is -1.18. The van der Waals surface area contributed by atoms with Gasteiger partial charge in [0.1, 0.15) is 11.3 Å². The number of carboxylic acids is 1. The molecule has 5 nitrogen and oxygen atoms in total. The largest absolute Gasteiger partial charge is 0.492 e. The molecule has 1 aromatic carbocycles. The quantitative estimate of drug-likeness (QED) is 0.860. The molecule has 0 amide bonds. The average molecular weight is 386 g/mol. The van der Waals surface area contributed by atoms with Crippen LogP contribution in [0.3, 0.4) is 0 Å². The van der Waals surface area contributed by atoms with Gasteiger partial charge in [0.15, 0.2) is 5.43 Å². The van der Waals surface area contributed by atoms with Gasteiger partial charge in [-0.15, -0.1) is 0 Å². The molecule has 0 unspecified atom stereocenters. The number of benzene rings is 1. The van der Waals surface area contributed by atoms with Gasteiger partial charge in [-0.05, 0) is 62.1 Å². The molecule has 0 bridgehead atoms. The lowest BCUT2D eigenvalue weighted by molar-refractivity contribution is 0.0691. The van der Waals surface area contributed by atoms with Gasteiger partial charge >= 0.3 is 5.97 Å². The van der Waals surface area contributed by atoms with E-state index in [2.05, 4.69) is 0 Å². The van der Waals surface area contributed by atoms with Crippen molar-refractivity contribution in [3.8, 4) is 17.0 Å². The molecule has 140 valence electrons. The Bertz CT molecular complexity index is 1020. The molecule has 1 aliphatic heterocycles. The van der Waals surface area contributed by atoms with Crippen molar-refractivity contribution in [1.82, 2.24) is 4.57 Å². The first-order valence-electron chi connectivity index (χ1n) is 9.43. The van der Waals surface area contributed by atoms with E-state index in [-0.39, 0.29) is 11.1 Å². The van der Waals surface area contributed by atoms with Crippen LogP contribution in [0, 0.1) is 5.92 Å². The van der Waals surface area contributed by atoms with Gasteiger partial charge in [0.25, 0.3) is 0 Å². The molecule has 0 atom stereocenters. The van der Waals surface area contributed by atoms with E-state index in [1.165, 1.54) is 25.1 Å². The Balaban J connectivity index is 1.65. The summed E-state index contributed by atoms with van der Waals surface area (Å²) in [6, 6.07) is 5.32. The number of carbonyl (C=O) groups is 1. The number of pyridine rings is 1. The monoisotopic (exact) mass is 385 g/mol. The molecular weight excluding hydrogens is 366 g/mol. The van der Waals surface area contributed by atoms with Gasteiger partial charge in [0.2, 0.25) is 0 Å². The Morgan fingerprint density at radius 2 is 2.07 bits per heavy atom. The van der Waals surface area contributed by atoms with Crippen LogP contribution in [0.15, 0.2) is 29.2 Å². The highest BCUT2D eigenvalue weighted by atomic mass is 35.5. The highest BCUT2D eigenvalue weighted by Gasteiger charge is 2.43. The number of hydrogen-bond donors (Lipinski definition) is 1. The number of fused-ring (bicyclic) bond motifs is 4.